The Morgan fingerprint density at radius 3 is 2.70 bits per heavy atom. The summed E-state index contributed by atoms with van der Waals surface area (Å²) in [5.41, 5.74) is 0. The number of halogens is 2. The van der Waals surface area contributed by atoms with Crippen LogP contribution in [0.25, 0.3) is 0 Å². The van der Waals surface area contributed by atoms with E-state index in [1.165, 1.54) is 12.8 Å². The minimum Gasteiger partial charge on any atom is -0.368 e. The van der Waals surface area contributed by atoms with Crippen molar-refractivity contribution in [1.29, 1.82) is 0 Å². The largest absolute Gasteiger partial charge is 0.368 e. The molecule has 0 amide bonds. The fourth-order valence-electron chi connectivity index (χ4n) is 2.73. The first-order chi connectivity index (χ1) is 9.67. The molecule has 1 aliphatic heterocycles. The van der Waals surface area contributed by atoms with Crippen molar-refractivity contribution in [2.45, 2.75) is 38.3 Å². The lowest BCUT2D eigenvalue weighted by atomic mass is 10.2. The van der Waals surface area contributed by atoms with E-state index in [1.54, 1.807) is 0 Å². The van der Waals surface area contributed by atoms with Crippen LogP contribution >= 0.6 is 0 Å². The molecule has 1 saturated heterocycles. The zero-order chi connectivity index (χ0) is 14.1. The van der Waals surface area contributed by atoms with Gasteiger partial charge >= 0.3 is 0 Å². The number of pyridine rings is 1. The van der Waals surface area contributed by atoms with Crippen LogP contribution in [0.2, 0.25) is 0 Å². The van der Waals surface area contributed by atoms with Gasteiger partial charge in [0, 0.05) is 37.8 Å². The molecule has 110 valence electrons. The minimum atomic E-state index is -0.652. The molecule has 0 bridgehead atoms. The fraction of sp³-hybridized carbons (Fsp3) is 0.643. The maximum absolute atomic E-state index is 13.8. The molecule has 0 radical (unpaired) electrons. The predicted octanol–water partition coefficient (Wildman–Crippen LogP) is 2.44. The van der Waals surface area contributed by atoms with Gasteiger partial charge in [0.2, 0.25) is 0 Å². The Bertz CT molecular complexity index is 490. The quantitative estimate of drug-likeness (QED) is 0.870. The molecular formula is C14H20F2N4. The van der Waals surface area contributed by atoms with Crippen molar-refractivity contribution in [2.24, 2.45) is 0 Å². The number of rotatable bonds is 5. The van der Waals surface area contributed by atoms with Gasteiger partial charge in [-0.05, 0) is 26.2 Å². The molecule has 1 aliphatic carbocycles. The number of nitrogens with zero attached hydrogens (tertiary/aromatic N) is 2. The molecule has 1 aromatic heterocycles. The number of aromatic nitrogens is 1. The zero-order valence-electron chi connectivity index (χ0n) is 11.6. The molecule has 1 unspecified atom stereocenters. The number of likely N-dealkylation sites (tertiary alicyclic amines) is 1. The SMILES string of the molecule is CCNc1nc(NC2CCN(C3CC3)C2)c(F)cc1F. The van der Waals surface area contributed by atoms with Gasteiger partial charge in [-0.15, -0.1) is 0 Å². The second-order valence-corrected chi connectivity index (χ2v) is 5.54. The van der Waals surface area contributed by atoms with E-state index in [-0.39, 0.29) is 17.7 Å². The van der Waals surface area contributed by atoms with E-state index in [4.69, 9.17) is 0 Å². The Kier molecular flexibility index (Phi) is 3.74. The van der Waals surface area contributed by atoms with Crippen molar-refractivity contribution in [3.05, 3.63) is 17.7 Å². The molecule has 4 nitrogen and oxygen atoms in total. The van der Waals surface area contributed by atoms with Crippen LogP contribution in [0.1, 0.15) is 26.2 Å². The average molecular weight is 282 g/mol. The Balaban J connectivity index is 1.68. The molecule has 0 spiro atoms. The van der Waals surface area contributed by atoms with Crippen LogP contribution in [0, 0.1) is 11.6 Å². The molecular weight excluding hydrogens is 262 g/mol. The van der Waals surface area contributed by atoms with E-state index in [0.717, 1.165) is 31.6 Å². The second kappa shape index (κ2) is 5.52. The van der Waals surface area contributed by atoms with Crippen molar-refractivity contribution in [3.63, 3.8) is 0 Å². The molecule has 2 N–H and O–H groups in total. The molecule has 6 heteroatoms. The van der Waals surface area contributed by atoms with Crippen LogP contribution in [0.4, 0.5) is 20.4 Å². The number of nitrogens with one attached hydrogen (secondary N) is 2. The molecule has 1 atom stereocenters. The summed E-state index contributed by atoms with van der Waals surface area (Å²) in [7, 11) is 0. The number of hydrogen-bond donors (Lipinski definition) is 2. The van der Waals surface area contributed by atoms with E-state index >= 15 is 0 Å². The predicted molar refractivity (Wildman–Crippen MR) is 74.9 cm³/mol. The Morgan fingerprint density at radius 2 is 2.00 bits per heavy atom. The summed E-state index contributed by atoms with van der Waals surface area (Å²) in [6.07, 6.45) is 3.53. The van der Waals surface area contributed by atoms with Gasteiger partial charge in [-0.25, -0.2) is 13.8 Å². The van der Waals surface area contributed by atoms with E-state index in [0.29, 0.717) is 6.54 Å². The van der Waals surface area contributed by atoms with Gasteiger partial charge in [-0.3, -0.25) is 4.90 Å². The molecule has 1 aromatic rings. The molecule has 2 aliphatic rings. The summed E-state index contributed by atoms with van der Waals surface area (Å²) >= 11 is 0. The third kappa shape index (κ3) is 2.85. The lowest BCUT2D eigenvalue weighted by Crippen LogP contribution is -2.28. The number of hydrogen-bond acceptors (Lipinski definition) is 4. The second-order valence-electron chi connectivity index (χ2n) is 5.54. The van der Waals surface area contributed by atoms with Crippen LogP contribution in [0.5, 0.6) is 0 Å². The van der Waals surface area contributed by atoms with E-state index in [1.807, 2.05) is 6.92 Å². The highest BCUT2D eigenvalue weighted by molar-refractivity contribution is 5.48. The van der Waals surface area contributed by atoms with E-state index in [9.17, 15) is 8.78 Å². The van der Waals surface area contributed by atoms with Crippen molar-refractivity contribution in [3.8, 4) is 0 Å². The molecule has 2 fully saturated rings. The molecule has 0 aromatic carbocycles. The Morgan fingerprint density at radius 1 is 1.25 bits per heavy atom. The molecule has 20 heavy (non-hydrogen) atoms. The smallest absolute Gasteiger partial charge is 0.168 e. The van der Waals surface area contributed by atoms with Gasteiger partial charge in [-0.2, -0.15) is 0 Å². The lowest BCUT2D eigenvalue weighted by Gasteiger charge is -2.17. The van der Waals surface area contributed by atoms with Gasteiger partial charge in [-0.1, -0.05) is 0 Å². The van der Waals surface area contributed by atoms with Crippen LogP contribution < -0.4 is 10.6 Å². The summed E-state index contributed by atoms with van der Waals surface area (Å²) in [6, 6.07) is 1.81. The third-order valence-electron chi connectivity index (χ3n) is 3.90. The van der Waals surface area contributed by atoms with Gasteiger partial charge in [0.05, 0.1) is 0 Å². The topological polar surface area (TPSA) is 40.2 Å². The van der Waals surface area contributed by atoms with Crippen molar-refractivity contribution < 1.29 is 8.78 Å². The van der Waals surface area contributed by atoms with Crippen molar-refractivity contribution in [2.75, 3.05) is 30.3 Å². The van der Waals surface area contributed by atoms with Crippen molar-refractivity contribution in [1.82, 2.24) is 9.88 Å². The van der Waals surface area contributed by atoms with Crippen molar-refractivity contribution >= 4 is 11.6 Å². The number of anilines is 2. The normalized spacial score (nSPS) is 23.1. The maximum Gasteiger partial charge on any atom is 0.168 e. The first-order valence-electron chi connectivity index (χ1n) is 7.28. The van der Waals surface area contributed by atoms with Gasteiger partial charge in [0.1, 0.15) is 0 Å². The first-order valence-corrected chi connectivity index (χ1v) is 7.28. The summed E-state index contributed by atoms with van der Waals surface area (Å²) in [5, 5.41) is 5.92. The highest BCUT2D eigenvalue weighted by Gasteiger charge is 2.34. The molecule has 2 heterocycles. The monoisotopic (exact) mass is 282 g/mol. The highest BCUT2D eigenvalue weighted by atomic mass is 19.1. The van der Waals surface area contributed by atoms with Crippen LogP contribution in [-0.4, -0.2) is 41.6 Å². The van der Waals surface area contributed by atoms with Crippen LogP contribution in [-0.2, 0) is 0 Å². The summed E-state index contributed by atoms with van der Waals surface area (Å²) < 4.78 is 27.3. The van der Waals surface area contributed by atoms with E-state index in [2.05, 4.69) is 20.5 Å². The average Bonchev–Trinajstić information content (AvgIpc) is 3.16. The third-order valence-corrected chi connectivity index (χ3v) is 3.90. The lowest BCUT2D eigenvalue weighted by molar-refractivity contribution is 0.326. The maximum atomic E-state index is 13.8. The Hall–Kier alpha value is -1.43. The minimum absolute atomic E-state index is 0.105. The van der Waals surface area contributed by atoms with Crippen LogP contribution in [0.3, 0.4) is 0 Å². The van der Waals surface area contributed by atoms with Crippen LogP contribution in [0.15, 0.2) is 6.07 Å². The Labute approximate surface area is 117 Å². The summed E-state index contributed by atoms with van der Waals surface area (Å²) in [4.78, 5) is 6.45. The highest BCUT2D eigenvalue weighted by Crippen LogP contribution is 2.31. The zero-order valence-corrected chi connectivity index (χ0v) is 11.6. The standard InChI is InChI=1S/C14H20F2N4/c1-2-17-13-11(15)7-12(16)14(19-13)18-9-5-6-20(8-9)10-3-4-10/h7,9-10H,2-6,8H2,1H3,(H2,17,18,19). The van der Waals surface area contributed by atoms with E-state index < -0.39 is 11.6 Å². The van der Waals surface area contributed by atoms with Gasteiger partial charge < -0.3 is 10.6 Å². The van der Waals surface area contributed by atoms with Gasteiger partial charge in [0.15, 0.2) is 23.3 Å². The molecule has 1 saturated carbocycles. The molecule has 3 rings (SSSR count). The summed E-state index contributed by atoms with van der Waals surface area (Å²) in [5.74, 6) is -1.03. The first kappa shape index (κ1) is 13.5. The summed E-state index contributed by atoms with van der Waals surface area (Å²) in [6.45, 7) is 4.36. The fourth-order valence-corrected chi connectivity index (χ4v) is 2.73. The van der Waals surface area contributed by atoms with Gasteiger partial charge in [0.25, 0.3) is 0 Å².